The molecule has 0 amide bonds. The van der Waals surface area contributed by atoms with Crippen LogP contribution in [0.5, 0.6) is 0 Å². The quantitative estimate of drug-likeness (QED) is 0.596. The maximum Gasteiger partial charge on any atom is -0.00317 e. The Hall–Kier alpha value is -1.82. The van der Waals surface area contributed by atoms with Crippen LogP contribution in [0.25, 0.3) is 5.57 Å². The van der Waals surface area contributed by atoms with Crippen LogP contribution < -0.4 is 0 Å². The largest absolute Gasteiger partial charge is 0.0761 e. The first-order chi connectivity index (χ1) is 11.0. The monoisotopic (exact) mass is 302 g/mol. The van der Waals surface area contributed by atoms with Crippen LogP contribution in [0.3, 0.4) is 0 Å². The summed E-state index contributed by atoms with van der Waals surface area (Å²) in [6, 6.07) is 18.1. The van der Waals surface area contributed by atoms with Crippen molar-refractivity contribution in [3.63, 3.8) is 0 Å². The number of hydrogen-bond acceptors (Lipinski definition) is 0. The van der Waals surface area contributed by atoms with E-state index in [0.29, 0.717) is 17.8 Å². The van der Waals surface area contributed by atoms with E-state index in [1.165, 1.54) is 23.1 Å². The Balaban J connectivity index is 1.84. The lowest BCUT2D eigenvalue weighted by Crippen LogP contribution is -2.29. The van der Waals surface area contributed by atoms with Gasteiger partial charge >= 0.3 is 0 Å². The van der Waals surface area contributed by atoms with E-state index in [4.69, 9.17) is 0 Å². The number of aryl methyl sites for hydroxylation is 1. The van der Waals surface area contributed by atoms with Gasteiger partial charge in [0.2, 0.25) is 0 Å². The lowest BCUT2D eigenvalue weighted by atomic mass is 9.67. The minimum absolute atomic E-state index is 0.223. The van der Waals surface area contributed by atoms with Gasteiger partial charge in [0, 0.05) is 0 Å². The van der Waals surface area contributed by atoms with Gasteiger partial charge in [0.05, 0.1) is 0 Å². The molecule has 0 aromatic heterocycles. The van der Waals surface area contributed by atoms with E-state index < -0.39 is 0 Å². The minimum atomic E-state index is 0.223. The molecule has 0 bridgehead atoms. The second-order valence-electron chi connectivity index (χ2n) is 8.10. The molecule has 3 unspecified atom stereocenters. The molecule has 2 aromatic rings. The zero-order valence-electron chi connectivity index (χ0n) is 14.6. The van der Waals surface area contributed by atoms with Crippen LogP contribution in [0.1, 0.15) is 55.4 Å². The molecule has 0 saturated heterocycles. The number of allylic oxidation sites excluding steroid dienone is 2. The lowest BCUT2D eigenvalue weighted by molar-refractivity contribution is 0.297. The van der Waals surface area contributed by atoms with Crippen molar-refractivity contribution in [3.8, 4) is 0 Å². The van der Waals surface area contributed by atoms with E-state index in [0.717, 1.165) is 0 Å². The van der Waals surface area contributed by atoms with Crippen molar-refractivity contribution in [2.24, 2.45) is 11.8 Å². The van der Waals surface area contributed by atoms with E-state index in [-0.39, 0.29) is 5.41 Å². The molecule has 0 saturated carbocycles. The van der Waals surface area contributed by atoms with Gasteiger partial charge < -0.3 is 0 Å². The summed E-state index contributed by atoms with van der Waals surface area (Å²) in [6.45, 7) is 9.53. The van der Waals surface area contributed by atoms with Gasteiger partial charge in [-0.2, -0.15) is 0 Å². The molecule has 2 aromatic carbocycles. The average Bonchev–Trinajstić information content (AvgIpc) is 2.77. The minimum Gasteiger partial charge on any atom is -0.0761 e. The summed E-state index contributed by atoms with van der Waals surface area (Å²) in [6.07, 6.45) is 3.78. The molecule has 0 heterocycles. The van der Waals surface area contributed by atoms with Gasteiger partial charge in [0.25, 0.3) is 0 Å². The Morgan fingerprint density at radius 1 is 1.00 bits per heavy atom. The number of benzene rings is 2. The average molecular weight is 302 g/mol. The van der Waals surface area contributed by atoms with Crippen molar-refractivity contribution in [1.82, 2.24) is 0 Å². The lowest BCUT2D eigenvalue weighted by Gasteiger charge is -2.37. The first-order valence-electron chi connectivity index (χ1n) is 8.85. The molecule has 2 aliphatic rings. The fourth-order valence-electron chi connectivity index (χ4n) is 4.94. The highest BCUT2D eigenvalue weighted by molar-refractivity contribution is 5.69. The molecule has 2 aliphatic carbocycles. The molecule has 118 valence electrons. The van der Waals surface area contributed by atoms with Gasteiger partial charge in [0.15, 0.2) is 0 Å². The van der Waals surface area contributed by atoms with Gasteiger partial charge in [-0.25, -0.2) is 0 Å². The fourth-order valence-corrected chi connectivity index (χ4v) is 4.94. The third kappa shape index (κ3) is 2.19. The zero-order valence-corrected chi connectivity index (χ0v) is 14.6. The van der Waals surface area contributed by atoms with Crippen LogP contribution in [0, 0.1) is 18.8 Å². The van der Waals surface area contributed by atoms with Gasteiger partial charge in [0.1, 0.15) is 0 Å². The SMILES string of the molecule is Cc1ccc2c(c1)C(C)(C)C1C=C(c3ccccc3)CC(C)C21. The van der Waals surface area contributed by atoms with Gasteiger partial charge in [-0.3, -0.25) is 0 Å². The highest BCUT2D eigenvalue weighted by Crippen LogP contribution is 2.58. The molecule has 0 fully saturated rings. The second-order valence-corrected chi connectivity index (χ2v) is 8.10. The number of rotatable bonds is 1. The van der Waals surface area contributed by atoms with Crippen LogP contribution >= 0.6 is 0 Å². The van der Waals surface area contributed by atoms with Crippen LogP contribution in [-0.4, -0.2) is 0 Å². The van der Waals surface area contributed by atoms with Crippen molar-refractivity contribution in [2.45, 2.75) is 45.4 Å². The Morgan fingerprint density at radius 2 is 1.74 bits per heavy atom. The van der Waals surface area contributed by atoms with E-state index in [1.54, 1.807) is 11.1 Å². The molecule has 0 nitrogen and oxygen atoms in total. The summed E-state index contributed by atoms with van der Waals surface area (Å²) in [5.41, 5.74) is 7.72. The molecule has 3 atom stereocenters. The van der Waals surface area contributed by atoms with Crippen molar-refractivity contribution in [2.75, 3.05) is 0 Å². The summed E-state index contributed by atoms with van der Waals surface area (Å²) >= 11 is 0. The molecule has 0 heteroatoms. The molecular weight excluding hydrogens is 276 g/mol. The smallest absolute Gasteiger partial charge is 0.00317 e. The van der Waals surface area contributed by atoms with Crippen LogP contribution in [0.2, 0.25) is 0 Å². The Labute approximate surface area is 140 Å². The maximum absolute atomic E-state index is 2.59. The van der Waals surface area contributed by atoms with Crippen molar-refractivity contribution < 1.29 is 0 Å². The molecule has 4 rings (SSSR count). The number of fused-ring (bicyclic) bond motifs is 3. The Bertz CT molecular complexity index is 764. The molecule has 23 heavy (non-hydrogen) atoms. The molecule has 0 aliphatic heterocycles. The predicted molar refractivity (Wildman–Crippen MR) is 98.6 cm³/mol. The molecule has 0 radical (unpaired) electrons. The van der Waals surface area contributed by atoms with E-state index in [1.807, 2.05) is 0 Å². The third-order valence-electron chi connectivity index (χ3n) is 6.16. The van der Waals surface area contributed by atoms with Crippen LogP contribution in [-0.2, 0) is 5.41 Å². The Morgan fingerprint density at radius 3 is 2.48 bits per heavy atom. The second kappa shape index (κ2) is 5.09. The summed E-state index contributed by atoms with van der Waals surface area (Å²) in [7, 11) is 0. The van der Waals surface area contributed by atoms with E-state index >= 15 is 0 Å². The van der Waals surface area contributed by atoms with E-state index in [2.05, 4.69) is 82.3 Å². The van der Waals surface area contributed by atoms with Crippen LogP contribution in [0.15, 0.2) is 54.6 Å². The summed E-state index contributed by atoms with van der Waals surface area (Å²) < 4.78 is 0. The molecule has 0 N–H and O–H groups in total. The molecule has 0 spiro atoms. The molecular formula is C23H26. The summed E-state index contributed by atoms with van der Waals surface area (Å²) in [5.74, 6) is 1.98. The topological polar surface area (TPSA) is 0 Å². The standard InChI is InChI=1S/C23H26/c1-15-10-11-19-20(12-15)23(3,4)21-14-18(13-16(2)22(19)21)17-8-6-5-7-9-17/h5-12,14,16,21-22H,13H2,1-4H3. The number of hydrogen-bond donors (Lipinski definition) is 0. The third-order valence-corrected chi connectivity index (χ3v) is 6.16. The predicted octanol–water partition coefficient (Wildman–Crippen LogP) is 6.11. The normalized spacial score (nSPS) is 28.0. The van der Waals surface area contributed by atoms with Crippen molar-refractivity contribution in [3.05, 3.63) is 76.9 Å². The van der Waals surface area contributed by atoms with Gasteiger partial charge in [-0.15, -0.1) is 0 Å². The highest BCUT2D eigenvalue weighted by Gasteiger charge is 2.48. The van der Waals surface area contributed by atoms with Crippen LogP contribution in [0.4, 0.5) is 0 Å². The zero-order chi connectivity index (χ0) is 16.2. The first kappa shape index (κ1) is 14.8. The maximum atomic E-state index is 2.59. The first-order valence-corrected chi connectivity index (χ1v) is 8.85. The van der Waals surface area contributed by atoms with Crippen molar-refractivity contribution >= 4 is 5.57 Å². The van der Waals surface area contributed by atoms with Crippen molar-refractivity contribution in [1.29, 1.82) is 0 Å². The highest BCUT2D eigenvalue weighted by atomic mass is 14.5. The van der Waals surface area contributed by atoms with Gasteiger partial charge in [-0.1, -0.05) is 80.9 Å². The van der Waals surface area contributed by atoms with Gasteiger partial charge in [-0.05, 0) is 58.8 Å². The summed E-state index contributed by atoms with van der Waals surface area (Å²) in [5, 5.41) is 0. The fraction of sp³-hybridized carbons (Fsp3) is 0.391. The summed E-state index contributed by atoms with van der Waals surface area (Å²) in [4.78, 5) is 0. The van der Waals surface area contributed by atoms with E-state index in [9.17, 15) is 0 Å². The Kier molecular flexibility index (Phi) is 3.27.